The number of rotatable bonds is 3. The molecule has 1 heterocycles. The van der Waals surface area contributed by atoms with E-state index in [0.29, 0.717) is 5.92 Å². The zero-order valence-corrected chi connectivity index (χ0v) is 11.2. The van der Waals surface area contributed by atoms with Gasteiger partial charge in [-0.05, 0) is 30.4 Å². The summed E-state index contributed by atoms with van der Waals surface area (Å²) in [6, 6.07) is 7.85. The molecular formula is C15H17N3O. The molecule has 0 N–H and O–H groups in total. The van der Waals surface area contributed by atoms with Crippen LogP contribution in [0.3, 0.4) is 0 Å². The minimum atomic E-state index is -0.0797. The van der Waals surface area contributed by atoms with Gasteiger partial charge in [-0.2, -0.15) is 0 Å². The molecular weight excluding hydrogens is 238 g/mol. The fourth-order valence-electron chi connectivity index (χ4n) is 3.30. The molecule has 3 rings (SSSR count). The summed E-state index contributed by atoms with van der Waals surface area (Å²) >= 11 is 0. The lowest BCUT2D eigenvalue weighted by Gasteiger charge is -2.46. The van der Waals surface area contributed by atoms with Gasteiger partial charge in [0.15, 0.2) is 0 Å². The van der Waals surface area contributed by atoms with Crippen molar-refractivity contribution in [3.63, 3.8) is 0 Å². The van der Waals surface area contributed by atoms with Crippen LogP contribution in [0.4, 0.5) is 0 Å². The largest absolute Gasteiger partial charge is 0.320 e. The van der Waals surface area contributed by atoms with E-state index in [2.05, 4.69) is 23.2 Å². The van der Waals surface area contributed by atoms with Gasteiger partial charge in [0.1, 0.15) is 18.4 Å². The van der Waals surface area contributed by atoms with Crippen molar-refractivity contribution in [3.8, 4) is 0 Å². The molecule has 0 unspecified atom stereocenters. The summed E-state index contributed by atoms with van der Waals surface area (Å²) in [6.45, 7) is 2.25. The number of benzene rings is 1. The monoisotopic (exact) mass is 255 g/mol. The highest BCUT2D eigenvalue weighted by atomic mass is 16.1. The van der Waals surface area contributed by atoms with E-state index >= 15 is 0 Å². The van der Waals surface area contributed by atoms with Crippen LogP contribution in [-0.4, -0.2) is 21.1 Å². The van der Waals surface area contributed by atoms with Gasteiger partial charge < -0.3 is 4.57 Å². The maximum Gasteiger partial charge on any atom is 0.150 e. The van der Waals surface area contributed by atoms with E-state index in [9.17, 15) is 4.79 Å². The third-order valence-electron chi connectivity index (χ3n) is 4.11. The van der Waals surface area contributed by atoms with Crippen molar-refractivity contribution in [1.29, 1.82) is 0 Å². The Balaban J connectivity index is 2.11. The minimum Gasteiger partial charge on any atom is -0.320 e. The van der Waals surface area contributed by atoms with Gasteiger partial charge in [0.2, 0.25) is 0 Å². The van der Waals surface area contributed by atoms with Crippen LogP contribution in [0.25, 0.3) is 0 Å². The van der Waals surface area contributed by atoms with Gasteiger partial charge in [-0.25, -0.2) is 0 Å². The van der Waals surface area contributed by atoms with Crippen molar-refractivity contribution < 1.29 is 4.79 Å². The minimum absolute atomic E-state index is 0.0797. The molecule has 1 aliphatic carbocycles. The van der Waals surface area contributed by atoms with Crippen LogP contribution in [-0.2, 0) is 12.5 Å². The zero-order chi connectivity index (χ0) is 13.5. The first-order valence-electron chi connectivity index (χ1n) is 6.56. The Labute approximate surface area is 112 Å². The second kappa shape index (κ2) is 4.30. The van der Waals surface area contributed by atoms with Crippen LogP contribution in [0, 0.1) is 5.92 Å². The van der Waals surface area contributed by atoms with Crippen molar-refractivity contribution in [2.75, 3.05) is 0 Å². The Hall–Kier alpha value is -1.97. The Kier molecular flexibility index (Phi) is 2.73. The topological polar surface area (TPSA) is 47.8 Å². The summed E-state index contributed by atoms with van der Waals surface area (Å²) < 4.78 is 1.99. The molecule has 0 aliphatic heterocycles. The first-order chi connectivity index (χ1) is 9.15. The van der Waals surface area contributed by atoms with E-state index in [1.165, 1.54) is 5.56 Å². The first-order valence-corrected chi connectivity index (χ1v) is 6.56. The van der Waals surface area contributed by atoms with E-state index in [0.717, 1.165) is 30.5 Å². The first kappa shape index (κ1) is 12.1. The van der Waals surface area contributed by atoms with Crippen molar-refractivity contribution in [1.82, 2.24) is 14.8 Å². The van der Waals surface area contributed by atoms with Gasteiger partial charge >= 0.3 is 0 Å². The van der Waals surface area contributed by atoms with E-state index in [-0.39, 0.29) is 5.41 Å². The Morgan fingerprint density at radius 3 is 2.79 bits per heavy atom. The van der Waals surface area contributed by atoms with Crippen LogP contribution in [0.2, 0.25) is 0 Å². The number of aryl methyl sites for hydroxylation is 1. The number of aldehydes is 1. The number of aromatic nitrogens is 3. The maximum absolute atomic E-state index is 11.0. The van der Waals surface area contributed by atoms with Crippen LogP contribution < -0.4 is 0 Å². The molecule has 0 amide bonds. The van der Waals surface area contributed by atoms with E-state index in [4.69, 9.17) is 0 Å². The van der Waals surface area contributed by atoms with Gasteiger partial charge in [0, 0.05) is 12.6 Å². The quantitative estimate of drug-likeness (QED) is 0.791. The number of hydrogen-bond donors (Lipinski definition) is 0. The predicted molar refractivity (Wildman–Crippen MR) is 72.0 cm³/mol. The summed E-state index contributed by atoms with van der Waals surface area (Å²) in [7, 11) is 1.98. The third kappa shape index (κ3) is 1.79. The third-order valence-corrected chi connectivity index (χ3v) is 4.11. The summed E-state index contributed by atoms with van der Waals surface area (Å²) in [5.74, 6) is 1.67. The van der Waals surface area contributed by atoms with Gasteiger partial charge in [0.25, 0.3) is 0 Å². The van der Waals surface area contributed by atoms with Crippen LogP contribution in [0.1, 0.15) is 41.5 Å². The van der Waals surface area contributed by atoms with Gasteiger partial charge in [-0.15, -0.1) is 10.2 Å². The van der Waals surface area contributed by atoms with Gasteiger partial charge in [-0.1, -0.05) is 25.1 Å². The van der Waals surface area contributed by atoms with Crippen LogP contribution in [0.15, 0.2) is 30.6 Å². The summed E-state index contributed by atoms with van der Waals surface area (Å²) in [5.41, 5.74) is 1.81. The van der Waals surface area contributed by atoms with Crippen molar-refractivity contribution in [3.05, 3.63) is 47.5 Å². The average Bonchev–Trinajstić information content (AvgIpc) is 2.81. The second-order valence-electron chi connectivity index (χ2n) is 5.60. The molecule has 1 fully saturated rings. The SMILES string of the molecule is CC1CC(c2cccc(C=O)c2)(c2nncn2C)C1. The molecule has 0 radical (unpaired) electrons. The smallest absolute Gasteiger partial charge is 0.150 e. The zero-order valence-electron chi connectivity index (χ0n) is 11.2. The average molecular weight is 255 g/mol. The Bertz CT molecular complexity index is 611. The molecule has 0 bridgehead atoms. The molecule has 4 heteroatoms. The van der Waals surface area contributed by atoms with Crippen molar-refractivity contribution in [2.45, 2.75) is 25.2 Å². The lowest BCUT2D eigenvalue weighted by Crippen LogP contribution is -2.43. The fourth-order valence-corrected chi connectivity index (χ4v) is 3.30. The van der Waals surface area contributed by atoms with E-state index in [1.54, 1.807) is 6.33 Å². The molecule has 98 valence electrons. The fraction of sp³-hybridized carbons (Fsp3) is 0.400. The molecule has 1 saturated carbocycles. The Morgan fingerprint density at radius 1 is 1.42 bits per heavy atom. The molecule has 1 aromatic heterocycles. The van der Waals surface area contributed by atoms with Crippen molar-refractivity contribution in [2.24, 2.45) is 13.0 Å². The van der Waals surface area contributed by atoms with E-state index < -0.39 is 0 Å². The molecule has 0 saturated heterocycles. The summed E-state index contributed by atoms with van der Waals surface area (Å²) in [5, 5.41) is 8.31. The molecule has 0 spiro atoms. The molecule has 2 aromatic rings. The molecule has 1 aromatic carbocycles. The maximum atomic E-state index is 11.0. The number of nitrogens with zero attached hydrogens (tertiary/aromatic N) is 3. The molecule has 4 nitrogen and oxygen atoms in total. The molecule has 1 aliphatic rings. The molecule has 19 heavy (non-hydrogen) atoms. The molecule has 0 atom stereocenters. The lowest BCUT2D eigenvalue weighted by molar-refractivity contribution is 0.112. The standard InChI is InChI=1S/C15H17N3O/c1-11-7-15(8-11,14-17-16-10-18(14)2)13-5-3-4-12(6-13)9-19/h3-6,9-11H,7-8H2,1-2H3. The second-order valence-corrected chi connectivity index (χ2v) is 5.60. The number of hydrogen-bond acceptors (Lipinski definition) is 3. The highest BCUT2D eigenvalue weighted by Crippen LogP contribution is 2.51. The van der Waals surface area contributed by atoms with Crippen LogP contribution in [0.5, 0.6) is 0 Å². The summed E-state index contributed by atoms with van der Waals surface area (Å²) in [4.78, 5) is 11.0. The highest BCUT2D eigenvalue weighted by molar-refractivity contribution is 5.75. The van der Waals surface area contributed by atoms with Crippen molar-refractivity contribution >= 4 is 6.29 Å². The number of carbonyl (C=O) groups is 1. The normalized spacial score (nSPS) is 25.9. The lowest BCUT2D eigenvalue weighted by atomic mass is 9.58. The summed E-state index contributed by atoms with van der Waals surface area (Å²) in [6.07, 6.45) is 4.75. The van der Waals surface area contributed by atoms with Gasteiger partial charge in [0.05, 0.1) is 5.41 Å². The van der Waals surface area contributed by atoms with Gasteiger partial charge in [-0.3, -0.25) is 4.79 Å². The predicted octanol–water partition coefficient (Wildman–Crippen LogP) is 2.34. The van der Waals surface area contributed by atoms with E-state index in [1.807, 2.05) is 29.8 Å². The Morgan fingerprint density at radius 2 is 2.21 bits per heavy atom. The number of carbonyl (C=O) groups excluding carboxylic acids is 1. The highest BCUT2D eigenvalue weighted by Gasteiger charge is 2.48. The van der Waals surface area contributed by atoms with Crippen LogP contribution >= 0.6 is 0 Å².